The number of hydrogen-bond donors (Lipinski definition) is 3. The number of nitrogens with zero attached hydrogens (tertiary/aromatic N) is 1. The minimum Gasteiger partial charge on any atom is -0.507 e. The fraction of sp³-hybridized carbons (Fsp3) is 0.167. The summed E-state index contributed by atoms with van der Waals surface area (Å²) < 4.78 is 1.52. The fourth-order valence-corrected chi connectivity index (χ4v) is 2.89. The molecule has 6 nitrogen and oxygen atoms in total. The molecule has 2 aromatic rings. The zero-order valence-corrected chi connectivity index (χ0v) is 16.9. The zero-order chi connectivity index (χ0) is 18.9. The normalized spacial score (nSPS) is 10.7. The molecule has 26 heavy (non-hydrogen) atoms. The maximum absolute atomic E-state index is 12.0. The molecule has 0 aliphatic carbocycles. The van der Waals surface area contributed by atoms with E-state index >= 15 is 0 Å². The molecular weight excluding hydrogens is 466 g/mol. The van der Waals surface area contributed by atoms with Crippen molar-refractivity contribution in [2.24, 2.45) is 5.10 Å². The zero-order valence-electron chi connectivity index (χ0n) is 13.7. The van der Waals surface area contributed by atoms with Crippen LogP contribution in [0.3, 0.4) is 0 Å². The van der Waals surface area contributed by atoms with Crippen LogP contribution in [0.5, 0.6) is 5.75 Å². The van der Waals surface area contributed by atoms with Gasteiger partial charge in [0, 0.05) is 27.5 Å². The number of rotatable bonds is 7. The third-order valence-corrected chi connectivity index (χ3v) is 4.55. The summed E-state index contributed by atoms with van der Waals surface area (Å²) in [6, 6.07) is 12.0. The minimum absolute atomic E-state index is 0.0704. The van der Waals surface area contributed by atoms with Gasteiger partial charge in [0.1, 0.15) is 5.75 Å². The van der Waals surface area contributed by atoms with Gasteiger partial charge in [-0.2, -0.15) is 5.10 Å². The molecule has 0 fully saturated rings. The number of carbonyl (C=O) groups is 2. The molecule has 0 saturated carbocycles. The molecule has 3 N–H and O–H groups in total. The summed E-state index contributed by atoms with van der Waals surface area (Å²) >= 11 is 6.62. The summed E-state index contributed by atoms with van der Waals surface area (Å²) in [5.74, 6) is -0.395. The second kappa shape index (κ2) is 10.1. The van der Waals surface area contributed by atoms with Gasteiger partial charge in [-0.15, -0.1) is 0 Å². The number of nitrogens with one attached hydrogen (secondary N) is 2. The lowest BCUT2D eigenvalue weighted by atomic mass is 10.2. The standard InChI is InChI=1S/C18H17Br2N3O3/c19-13-7-8-16(24)12(10-13)11-22-23-17(25)6-3-9-21-18(26)14-4-1-2-5-15(14)20/h1-2,4-5,7-8,10-11,24H,3,6,9H2,(H,21,26)(H,23,25). The summed E-state index contributed by atoms with van der Waals surface area (Å²) in [5, 5.41) is 16.3. The molecule has 0 saturated heterocycles. The van der Waals surface area contributed by atoms with Gasteiger partial charge >= 0.3 is 0 Å². The average molecular weight is 483 g/mol. The highest BCUT2D eigenvalue weighted by atomic mass is 79.9. The van der Waals surface area contributed by atoms with E-state index in [4.69, 9.17) is 0 Å². The molecule has 0 atom stereocenters. The van der Waals surface area contributed by atoms with E-state index in [9.17, 15) is 14.7 Å². The third kappa shape index (κ3) is 6.27. The molecule has 8 heteroatoms. The van der Waals surface area contributed by atoms with Gasteiger partial charge in [-0.1, -0.05) is 28.1 Å². The molecule has 0 aliphatic rings. The molecule has 0 aliphatic heterocycles. The first-order chi connectivity index (χ1) is 12.5. The van der Waals surface area contributed by atoms with E-state index in [0.29, 0.717) is 24.1 Å². The highest BCUT2D eigenvalue weighted by Crippen LogP contribution is 2.20. The number of carbonyl (C=O) groups excluding carboxylic acids is 2. The van der Waals surface area contributed by atoms with E-state index < -0.39 is 0 Å². The first-order valence-electron chi connectivity index (χ1n) is 7.80. The minimum atomic E-state index is -0.272. The first kappa shape index (κ1) is 20.1. The second-order valence-corrected chi connectivity index (χ2v) is 7.11. The molecule has 0 bridgehead atoms. The van der Waals surface area contributed by atoms with Crippen molar-refractivity contribution in [3.05, 3.63) is 62.5 Å². The van der Waals surface area contributed by atoms with Crippen molar-refractivity contribution >= 4 is 49.9 Å². The topological polar surface area (TPSA) is 90.8 Å². The number of halogens is 2. The fourth-order valence-electron chi connectivity index (χ4n) is 2.05. The van der Waals surface area contributed by atoms with Crippen molar-refractivity contribution in [2.75, 3.05) is 6.54 Å². The molecule has 2 aromatic carbocycles. The van der Waals surface area contributed by atoms with Crippen LogP contribution in [-0.4, -0.2) is 29.7 Å². The maximum Gasteiger partial charge on any atom is 0.252 e. The van der Waals surface area contributed by atoms with E-state index in [-0.39, 0.29) is 24.0 Å². The lowest BCUT2D eigenvalue weighted by Crippen LogP contribution is -2.26. The van der Waals surface area contributed by atoms with Crippen LogP contribution in [-0.2, 0) is 4.79 Å². The Labute approximate surface area is 167 Å². The number of hydrazone groups is 1. The monoisotopic (exact) mass is 481 g/mol. The molecule has 136 valence electrons. The Morgan fingerprint density at radius 2 is 1.92 bits per heavy atom. The number of aromatic hydroxyl groups is 1. The summed E-state index contributed by atoms with van der Waals surface area (Å²) in [6.45, 7) is 0.379. The number of hydrogen-bond acceptors (Lipinski definition) is 4. The Morgan fingerprint density at radius 3 is 2.69 bits per heavy atom. The Balaban J connectivity index is 1.71. The Bertz CT molecular complexity index is 825. The van der Waals surface area contributed by atoms with Gasteiger partial charge in [0.05, 0.1) is 11.8 Å². The SMILES string of the molecule is O=C(CCCNC(=O)c1ccccc1Br)NN=Cc1cc(Br)ccc1O. The average Bonchev–Trinajstić information content (AvgIpc) is 2.62. The van der Waals surface area contributed by atoms with Crippen molar-refractivity contribution in [1.29, 1.82) is 0 Å². The van der Waals surface area contributed by atoms with Gasteiger partial charge in [-0.3, -0.25) is 9.59 Å². The summed E-state index contributed by atoms with van der Waals surface area (Å²) in [7, 11) is 0. The Morgan fingerprint density at radius 1 is 1.15 bits per heavy atom. The number of benzene rings is 2. The van der Waals surface area contributed by atoms with Gasteiger partial charge in [0.15, 0.2) is 0 Å². The van der Waals surface area contributed by atoms with E-state index in [1.807, 2.05) is 6.07 Å². The largest absolute Gasteiger partial charge is 0.507 e. The van der Waals surface area contributed by atoms with E-state index in [0.717, 1.165) is 8.95 Å². The van der Waals surface area contributed by atoms with Crippen molar-refractivity contribution in [3.8, 4) is 5.75 Å². The van der Waals surface area contributed by atoms with E-state index in [1.165, 1.54) is 12.3 Å². The summed E-state index contributed by atoms with van der Waals surface area (Å²) in [4.78, 5) is 23.7. The van der Waals surface area contributed by atoms with E-state index in [1.54, 1.807) is 30.3 Å². The van der Waals surface area contributed by atoms with Crippen molar-refractivity contribution < 1.29 is 14.7 Å². The van der Waals surface area contributed by atoms with Crippen LogP contribution >= 0.6 is 31.9 Å². The highest BCUT2D eigenvalue weighted by molar-refractivity contribution is 9.10. The van der Waals surface area contributed by atoms with Crippen LogP contribution in [0.2, 0.25) is 0 Å². The molecule has 0 aromatic heterocycles. The Kier molecular flexibility index (Phi) is 7.80. The second-order valence-electron chi connectivity index (χ2n) is 5.34. The first-order valence-corrected chi connectivity index (χ1v) is 9.39. The predicted molar refractivity (Wildman–Crippen MR) is 107 cm³/mol. The van der Waals surface area contributed by atoms with Crippen LogP contribution in [0.25, 0.3) is 0 Å². The van der Waals surface area contributed by atoms with Crippen LogP contribution in [0.4, 0.5) is 0 Å². The van der Waals surface area contributed by atoms with Crippen molar-refractivity contribution in [3.63, 3.8) is 0 Å². The summed E-state index contributed by atoms with van der Waals surface area (Å²) in [6.07, 6.45) is 2.07. The molecular formula is C18H17Br2N3O3. The molecule has 0 radical (unpaired) electrons. The van der Waals surface area contributed by atoms with Gasteiger partial charge in [-0.05, 0) is 52.7 Å². The van der Waals surface area contributed by atoms with Crippen LogP contribution in [0.15, 0.2) is 56.5 Å². The molecule has 2 rings (SSSR count). The van der Waals surface area contributed by atoms with Crippen molar-refractivity contribution in [2.45, 2.75) is 12.8 Å². The lowest BCUT2D eigenvalue weighted by molar-refractivity contribution is -0.121. The molecule has 0 heterocycles. The van der Waals surface area contributed by atoms with Gasteiger partial charge < -0.3 is 10.4 Å². The van der Waals surface area contributed by atoms with Crippen LogP contribution < -0.4 is 10.7 Å². The molecule has 2 amide bonds. The summed E-state index contributed by atoms with van der Waals surface area (Å²) in [5.41, 5.74) is 3.43. The van der Waals surface area contributed by atoms with Crippen LogP contribution in [0, 0.1) is 0 Å². The maximum atomic E-state index is 12.0. The molecule has 0 unspecified atom stereocenters. The number of amides is 2. The molecule has 0 spiro atoms. The van der Waals surface area contributed by atoms with Gasteiger partial charge in [-0.25, -0.2) is 5.43 Å². The Hall–Kier alpha value is -2.19. The highest BCUT2D eigenvalue weighted by Gasteiger charge is 2.08. The predicted octanol–water partition coefficient (Wildman–Crippen LogP) is 3.58. The van der Waals surface area contributed by atoms with Gasteiger partial charge in [0.25, 0.3) is 5.91 Å². The van der Waals surface area contributed by atoms with Crippen LogP contribution in [0.1, 0.15) is 28.8 Å². The lowest BCUT2D eigenvalue weighted by Gasteiger charge is -2.06. The quantitative estimate of drug-likeness (QED) is 0.320. The smallest absolute Gasteiger partial charge is 0.252 e. The number of phenols is 1. The van der Waals surface area contributed by atoms with Gasteiger partial charge in [0.2, 0.25) is 5.91 Å². The van der Waals surface area contributed by atoms with E-state index in [2.05, 4.69) is 47.7 Å². The van der Waals surface area contributed by atoms with Crippen molar-refractivity contribution in [1.82, 2.24) is 10.7 Å². The number of phenolic OH excluding ortho intramolecular Hbond substituents is 1. The third-order valence-electron chi connectivity index (χ3n) is 3.37.